The SMILES string of the molecule is CC(C)C(=O)Nc1ncnc2c1ncn2[C@@H]1O[C@@H]2CO[Si](C(C)C)(C(C)C)O[Si](C(C)C)(C(C)C)OC2[C@@H]1O.CC(C)C(=O)Nc1ncnc2c1ncn2[C@@H]1O[C@@H]2CO[Si](C(C)C)(C(C)C)O[Si](C(C)C)(C(C)C)OC2[C@@H]1OC(=S)n1ccnc1.CN(C)c1ccncc1.S=C(n1ccnc1)n1ccnc1. The molecule has 8 aromatic heterocycles. The molecule has 8 aromatic rings. The van der Waals surface area contributed by atoms with E-state index in [1.54, 1.807) is 104 Å². The average molecular weight is 1570 g/mol. The number of ether oxygens (including phenoxy) is 3. The van der Waals surface area contributed by atoms with Crippen molar-refractivity contribution < 1.29 is 54.8 Å². The Hall–Kier alpha value is -6.89. The lowest BCUT2D eigenvalue weighted by atomic mass is 10.1. The van der Waals surface area contributed by atoms with Gasteiger partial charge in [-0.15, -0.1) is 0 Å². The van der Waals surface area contributed by atoms with Crippen LogP contribution in [0.1, 0.15) is 151 Å². The zero-order valence-corrected chi connectivity index (χ0v) is 70.7. The molecule has 0 saturated carbocycles. The van der Waals surface area contributed by atoms with E-state index >= 15 is 0 Å². The Kier molecular flexibility index (Phi) is 27.6. The lowest BCUT2D eigenvalue weighted by molar-refractivity contribution is -0.119. The van der Waals surface area contributed by atoms with E-state index in [0.717, 1.165) is 0 Å². The fourth-order valence-electron chi connectivity index (χ4n) is 13.7. The number of nitrogens with zero attached hydrogens (tertiary/aromatic N) is 16. The van der Waals surface area contributed by atoms with Gasteiger partial charge >= 0.3 is 34.2 Å². The number of hydrogen-bond donors (Lipinski definition) is 3. The molecule has 4 aliphatic heterocycles. The van der Waals surface area contributed by atoms with Crippen molar-refractivity contribution in [1.82, 2.24) is 72.7 Å². The maximum Gasteiger partial charge on any atom is 0.335 e. The quantitative estimate of drug-likeness (QED) is 0.0598. The molecular formula is C70H108N18O12S2Si4. The van der Waals surface area contributed by atoms with Crippen LogP contribution in [0.3, 0.4) is 0 Å². The highest BCUT2D eigenvalue weighted by Gasteiger charge is 2.64. The smallest absolute Gasteiger partial charge is 0.335 e. The zero-order chi connectivity index (χ0) is 77.5. The largest absolute Gasteiger partial charge is 0.459 e. The van der Waals surface area contributed by atoms with Crippen LogP contribution in [0.25, 0.3) is 22.3 Å². The van der Waals surface area contributed by atoms with Crippen molar-refractivity contribution in [1.29, 1.82) is 0 Å². The molecule has 12 heterocycles. The summed E-state index contributed by atoms with van der Waals surface area (Å²) >= 11 is 10.9. The number of anilines is 3. The third kappa shape index (κ3) is 17.5. The Morgan fingerprint density at radius 3 is 1.27 bits per heavy atom. The Bertz CT molecular complexity index is 4100. The van der Waals surface area contributed by atoms with Gasteiger partial charge in [-0.2, -0.15) is 0 Å². The summed E-state index contributed by atoms with van der Waals surface area (Å²) in [5.74, 6) is -0.153. The molecule has 2 amide bonds. The molecule has 2 unspecified atom stereocenters. The fourth-order valence-corrected chi connectivity index (χ4v) is 36.5. The maximum atomic E-state index is 12.6. The summed E-state index contributed by atoms with van der Waals surface area (Å²) in [4.78, 5) is 69.3. The molecule has 12 rings (SSSR count). The number of nitrogens with one attached hydrogen (secondary N) is 2. The highest BCUT2D eigenvalue weighted by atomic mass is 32.1. The number of rotatable bonds is 16. The summed E-state index contributed by atoms with van der Waals surface area (Å²) in [5, 5.41) is 18.2. The first kappa shape index (κ1) is 83.2. The molecule has 8 atom stereocenters. The third-order valence-electron chi connectivity index (χ3n) is 19.6. The van der Waals surface area contributed by atoms with Gasteiger partial charge in [-0.3, -0.25) is 37.4 Å². The number of carbonyl (C=O) groups is 2. The van der Waals surface area contributed by atoms with Crippen molar-refractivity contribution in [2.75, 3.05) is 42.8 Å². The lowest BCUT2D eigenvalue weighted by Crippen LogP contribution is -2.66. The standard InChI is InChI=1S/C30H47N7O6SSi2.C26H45N5O6Si2.C7H6N4S.C7H10N2/c1-17(2)28(38)35-26-23-27(33-14-32-26)37(16-34-23)29-25(41-30(44)36-12-11-31-15-36)24-22(40-29)13-39-45(18(3)4,19(5)6)43-46(42-24,20(7)8)21(9)10;1-14(2)25(33)30-23-20-24(28-12-27-23)31(13-29-20)26-21(32)22-19(35-26)11-34-38(15(3)4,16(5)6)37-39(36-22,17(7)8)18(9)10;12-7(10-3-1-8-5-10)11-4-2-9-6-11;1-9(2)7-3-5-8-6-4-7/h11-12,14-22,24-25,29H,13H2,1-10H3,(H,32,33,35,38);12-19,21-22,26,32H,11H2,1-10H3,(H,27,28,30,33);1-6H;3-6H,1-2H3/t22-,24?,25+,29-;19-,21+,22?,26-;;/m11../s1. The van der Waals surface area contributed by atoms with Crippen LogP contribution < -0.4 is 15.5 Å². The van der Waals surface area contributed by atoms with E-state index in [-0.39, 0.29) is 86.4 Å². The molecule has 0 aliphatic carbocycles. The minimum absolute atomic E-state index is 0.105. The second-order valence-corrected chi connectivity index (χ2v) is 48.7. The van der Waals surface area contributed by atoms with Crippen LogP contribution in [0.15, 0.2) is 106 Å². The number of carbonyl (C=O) groups excluding carboxylic acids is 2. The molecular weight excluding hydrogens is 1460 g/mol. The minimum atomic E-state index is -3.02. The van der Waals surface area contributed by atoms with Crippen LogP contribution >= 0.6 is 24.4 Å². The normalized spacial score (nSPS) is 22.5. The van der Waals surface area contributed by atoms with Crippen molar-refractivity contribution in [3.05, 3.63) is 106 Å². The van der Waals surface area contributed by atoms with Crippen LogP contribution in [0.2, 0.25) is 44.3 Å². The van der Waals surface area contributed by atoms with E-state index in [4.69, 9.17) is 64.6 Å². The molecule has 0 bridgehead atoms. The monoisotopic (exact) mass is 1570 g/mol. The van der Waals surface area contributed by atoms with Crippen molar-refractivity contribution in [3.8, 4) is 0 Å². The van der Waals surface area contributed by atoms with Crippen molar-refractivity contribution in [3.63, 3.8) is 0 Å². The molecule has 3 N–H and O–H groups in total. The summed E-state index contributed by atoms with van der Waals surface area (Å²) in [6, 6.07) is 3.94. The average Bonchev–Trinajstić information content (AvgIpc) is 1.46. The Morgan fingerprint density at radius 2 is 0.896 bits per heavy atom. The van der Waals surface area contributed by atoms with Gasteiger partial charge in [-0.05, 0) is 80.9 Å². The second kappa shape index (κ2) is 35.2. The number of imidazole rings is 5. The molecule has 578 valence electrons. The predicted octanol–water partition coefficient (Wildman–Crippen LogP) is 12.2. The number of fused-ring (bicyclic) bond motifs is 4. The van der Waals surface area contributed by atoms with Crippen LogP contribution in [0.4, 0.5) is 17.3 Å². The summed E-state index contributed by atoms with van der Waals surface area (Å²) in [6.07, 6.45) is 19.2. The van der Waals surface area contributed by atoms with Crippen LogP contribution in [-0.4, -0.2) is 198 Å². The Balaban J connectivity index is 0.000000193. The molecule has 0 radical (unpaired) electrons. The van der Waals surface area contributed by atoms with Gasteiger partial charge in [0.25, 0.3) is 5.17 Å². The van der Waals surface area contributed by atoms with Crippen LogP contribution in [-0.2, 0) is 49.7 Å². The number of pyridine rings is 1. The molecule has 4 aliphatic rings. The molecule has 0 spiro atoms. The number of aliphatic hydroxyl groups excluding tert-OH is 1. The summed E-state index contributed by atoms with van der Waals surface area (Å²) < 4.78 is 71.3. The predicted molar refractivity (Wildman–Crippen MR) is 421 cm³/mol. The summed E-state index contributed by atoms with van der Waals surface area (Å²) in [6.45, 7) is 42.5. The van der Waals surface area contributed by atoms with Gasteiger partial charge in [0.05, 0.1) is 25.9 Å². The van der Waals surface area contributed by atoms with E-state index in [2.05, 4.69) is 171 Å². The van der Waals surface area contributed by atoms with Gasteiger partial charge in [0.1, 0.15) is 62.2 Å². The number of thiocarbonyl (C=S) groups is 2. The topological polar surface area (TPSA) is 318 Å². The highest BCUT2D eigenvalue weighted by molar-refractivity contribution is 7.80. The molecule has 36 heteroatoms. The van der Waals surface area contributed by atoms with Gasteiger partial charge in [-0.25, -0.2) is 44.9 Å². The first-order valence-electron chi connectivity index (χ1n) is 36.4. The molecule has 30 nitrogen and oxygen atoms in total. The van der Waals surface area contributed by atoms with Gasteiger partial charge in [0, 0.05) is 81.2 Å². The van der Waals surface area contributed by atoms with Gasteiger partial charge in [-0.1, -0.05) is 138 Å². The fraction of sp³-hybridized carbons (Fsp3) is 0.600. The Morgan fingerprint density at radius 1 is 0.509 bits per heavy atom. The number of aliphatic hydroxyl groups is 1. The minimum Gasteiger partial charge on any atom is -0.459 e. The van der Waals surface area contributed by atoms with Crippen LogP contribution in [0, 0.1) is 11.8 Å². The lowest BCUT2D eigenvalue weighted by Gasteiger charge is -2.51. The molecule has 106 heavy (non-hydrogen) atoms. The first-order chi connectivity index (χ1) is 50.1. The van der Waals surface area contributed by atoms with E-state index in [9.17, 15) is 14.7 Å². The third-order valence-corrected chi connectivity index (χ3v) is 40.9. The van der Waals surface area contributed by atoms with Gasteiger partial charge in [0.15, 0.2) is 57.6 Å². The first-order valence-corrected chi connectivity index (χ1v) is 45.1. The van der Waals surface area contributed by atoms with Crippen LogP contribution in [0.5, 0.6) is 0 Å². The zero-order valence-electron chi connectivity index (χ0n) is 65.0. The maximum absolute atomic E-state index is 12.6. The summed E-state index contributed by atoms with van der Waals surface area (Å²) in [5.41, 5.74) is 4.20. The summed E-state index contributed by atoms with van der Waals surface area (Å²) in [7, 11) is -7.45. The number of hydrogen-bond acceptors (Lipinski definition) is 25. The number of amides is 2. The van der Waals surface area contributed by atoms with E-state index in [1.165, 1.54) is 18.3 Å². The van der Waals surface area contributed by atoms with Gasteiger partial charge < -0.3 is 60.8 Å². The van der Waals surface area contributed by atoms with E-state index in [1.807, 2.05) is 58.8 Å². The Labute approximate surface area is 636 Å². The second-order valence-electron chi connectivity index (χ2n) is 30.3. The molecule has 0 aromatic carbocycles. The van der Waals surface area contributed by atoms with Crippen molar-refractivity contribution in [2.45, 2.75) is 232 Å². The number of aromatic nitrogens is 15. The molecule has 4 saturated heterocycles. The van der Waals surface area contributed by atoms with Gasteiger partial charge in [0.2, 0.25) is 11.8 Å². The highest BCUT2D eigenvalue weighted by Crippen LogP contribution is 2.51. The van der Waals surface area contributed by atoms with Crippen molar-refractivity contribution in [2.24, 2.45) is 11.8 Å². The van der Waals surface area contributed by atoms with E-state index in [0.29, 0.717) is 39.1 Å². The molecule has 4 fully saturated rings. The van der Waals surface area contributed by atoms with E-state index < -0.39 is 83.3 Å². The van der Waals surface area contributed by atoms with Crippen molar-refractivity contribution >= 4 is 120 Å².